The van der Waals surface area contributed by atoms with E-state index in [0.29, 0.717) is 25.7 Å². The summed E-state index contributed by atoms with van der Waals surface area (Å²) in [6.45, 7) is 11.9. The van der Waals surface area contributed by atoms with Crippen LogP contribution in [0.4, 0.5) is 0 Å². The van der Waals surface area contributed by atoms with Gasteiger partial charge in [-0.05, 0) is 43.4 Å². The summed E-state index contributed by atoms with van der Waals surface area (Å²) >= 11 is 0. The number of esters is 4. The summed E-state index contributed by atoms with van der Waals surface area (Å²) in [6.07, 6.45) is 62.7. The van der Waals surface area contributed by atoms with Crippen LogP contribution in [0, 0.1) is 17.8 Å². The molecule has 0 radical (unpaired) electrons. The Bertz CT molecular complexity index is 1970. The first-order valence-electron chi connectivity index (χ1n) is 42.8. The number of aliphatic hydroxyl groups is 1. The first kappa shape index (κ1) is 100. The number of carbonyl (C=O) groups is 4. The van der Waals surface area contributed by atoms with Crippen LogP contribution in [-0.4, -0.2) is 96.7 Å². The zero-order chi connectivity index (χ0) is 75.1. The van der Waals surface area contributed by atoms with Gasteiger partial charge in [-0.3, -0.25) is 37.3 Å². The van der Waals surface area contributed by atoms with Gasteiger partial charge in [-0.25, -0.2) is 9.13 Å². The van der Waals surface area contributed by atoms with E-state index in [-0.39, 0.29) is 25.7 Å². The van der Waals surface area contributed by atoms with E-state index in [0.717, 1.165) is 108 Å². The Kier molecular flexibility index (Phi) is 71.8. The van der Waals surface area contributed by atoms with Crippen LogP contribution in [0.1, 0.15) is 434 Å². The fourth-order valence-corrected chi connectivity index (χ4v) is 14.4. The fraction of sp³-hybridized carbons (Fsp3) is 0.952. The highest BCUT2D eigenvalue weighted by Gasteiger charge is 2.30. The first-order valence-corrected chi connectivity index (χ1v) is 45.8. The second-order valence-electron chi connectivity index (χ2n) is 31.3. The Morgan fingerprint density at radius 2 is 0.451 bits per heavy atom. The molecular formula is C83H162O17P2. The lowest BCUT2D eigenvalue weighted by atomic mass is 10.0. The van der Waals surface area contributed by atoms with E-state index in [1.165, 1.54) is 244 Å². The first-order chi connectivity index (χ1) is 49.2. The quantitative estimate of drug-likeness (QED) is 0.0222. The molecule has 0 aliphatic rings. The van der Waals surface area contributed by atoms with Crippen molar-refractivity contribution < 1.29 is 80.2 Å². The van der Waals surface area contributed by atoms with Crippen LogP contribution in [0.2, 0.25) is 0 Å². The molecule has 0 aromatic heterocycles. The van der Waals surface area contributed by atoms with Gasteiger partial charge in [0.25, 0.3) is 0 Å². The summed E-state index contributed by atoms with van der Waals surface area (Å²) in [4.78, 5) is 73.0. The van der Waals surface area contributed by atoms with Crippen LogP contribution in [0.3, 0.4) is 0 Å². The number of phosphoric acid groups is 2. The van der Waals surface area contributed by atoms with Crippen LogP contribution in [0.5, 0.6) is 0 Å². The van der Waals surface area contributed by atoms with Crippen LogP contribution < -0.4 is 0 Å². The maximum Gasteiger partial charge on any atom is 0.472 e. The number of hydrogen-bond acceptors (Lipinski definition) is 15. The van der Waals surface area contributed by atoms with E-state index in [2.05, 4.69) is 48.5 Å². The zero-order valence-electron chi connectivity index (χ0n) is 67.1. The smallest absolute Gasteiger partial charge is 0.462 e. The predicted molar refractivity (Wildman–Crippen MR) is 418 cm³/mol. The van der Waals surface area contributed by atoms with Gasteiger partial charge in [0, 0.05) is 25.7 Å². The lowest BCUT2D eigenvalue weighted by Gasteiger charge is -2.21. The summed E-state index contributed by atoms with van der Waals surface area (Å²) < 4.78 is 68.7. The second-order valence-corrected chi connectivity index (χ2v) is 34.2. The summed E-state index contributed by atoms with van der Waals surface area (Å²) in [5.41, 5.74) is 0. The molecule has 0 aliphatic heterocycles. The third kappa shape index (κ3) is 76.3. The molecule has 0 saturated heterocycles. The standard InChI is InChI=1S/C83H162O17P2/c1-8-9-10-11-12-13-14-15-16-17-18-22-25-28-31-34-43-50-57-64-80(85)93-70-78(99-82(87)66-59-52-45-35-32-29-26-23-20-19-21-24-27-30-33-40-47-54-61-74(2)3)72-97-101(89,90)95-68-77(84)69-96-102(91,92)98-73-79(100-83(88)67-60-53-46-39-37-42-49-56-63-76(6)7)71-94-81(86)65-58-51-44-38-36-41-48-55-62-75(4)5/h74-79,84H,8-73H2,1-7H3,(H,89,90)(H,91,92)/t77-,78-,79-/m1/s1. The largest absolute Gasteiger partial charge is 0.472 e. The van der Waals surface area contributed by atoms with Gasteiger partial charge >= 0.3 is 39.5 Å². The molecule has 3 N–H and O–H groups in total. The Labute approximate surface area is 626 Å². The SMILES string of the molecule is CCCCCCCCCCCCCCCCCCCCCC(=O)OC[C@H](COP(=O)(O)OC[C@@H](O)COP(=O)(O)OC[C@@H](COC(=O)CCCCCCCCCCC(C)C)OC(=O)CCCCCCCCCCC(C)C)OC(=O)CCCCCCCCCCCCCCCCCCCCC(C)C. The zero-order valence-corrected chi connectivity index (χ0v) is 68.9. The molecular weight excluding hydrogens is 1330 g/mol. The lowest BCUT2D eigenvalue weighted by molar-refractivity contribution is -0.161. The van der Waals surface area contributed by atoms with Gasteiger partial charge in [-0.2, -0.15) is 0 Å². The monoisotopic (exact) mass is 1490 g/mol. The summed E-state index contributed by atoms with van der Waals surface area (Å²) in [7, 11) is -9.92. The molecule has 606 valence electrons. The van der Waals surface area contributed by atoms with Crippen LogP contribution in [0.25, 0.3) is 0 Å². The number of ether oxygens (including phenoxy) is 4. The van der Waals surface area contributed by atoms with Gasteiger partial charge in [0.05, 0.1) is 26.4 Å². The molecule has 0 aromatic rings. The van der Waals surface area contributed by atoms with Crippen molar-refractivity contribution in [2.75, 3.05) is 39.6 Å². The van der Waals surface area contributed by atoms with E-state index in [4.69, 9.17) is 37.0 Å². The predicted octanol–water partition coefficient (Wildman–Crippen LogP) is 24.9. The van der Waals surface area contributed by atoms with E-state index in [1.807, 2.05) is 0 Å². The van der Waals surface area contributed by atoms with Gasteiger partial charge in [0.2, 0.25) is 0 Å². The number of unbranched alkanes of at least 4 members (excludes halogenated alkanes) is 49. The molecule has 5 atom stereocenters. The fourth-order valence-electron chi connectivity index (χ4n) is 12.8. The van der Waals surface area contributed by atoms with Crippen molar-refractivity contribution in [3.8, 4) is 0 Å². The minimum atomic E-state index is -4.96. The minimum Gasteiger partial charge on any atom is -0.462 e. The highest BCUT2D eigenvalue weighted by molar-refractivity contribution is 7.47. The molecule has 102 heavy (non-hydrogen) atoms. The van der Waals surface area contributed by atoms with Crippen LogP contribution >= 0.6 is 15.6 Å². The van der Waals surface area contributed by atoms with E-state index >= 15 is 0 Å². The lowest BCUT2D eigenvalue weighted by Crippen LogP contribution is -2.30. The van der Waals surface area contributed by atoms with Crippen LogP contribution in [0.15, 0.2) is 0 Å². The van der Waals surface area contributed by atoms with Gasteiger partial charge in [0.1, 0.15) is 19.3 Å². The number of phosphoric ester groups is 2. The van der Waals surface area contributed by atoms with Crippen molar-refractivity contribution in [1.82, 2.24) is 0 Å². The normalized spacial score (nSPS) is 13.9. The van der Waals surface area contributed by atoms with Crippen molar-refractivity contribution in [3.05, 3.63) is 0 Å². The van der Waals surface area contributed by atoms with Crippen molar-refractivity contribution in [2.45, 2.75) is 452 Å². The molecule has 17 nitrogen and oxygen atoms in total. The molecule has 19 heteroatoms. The molecule has 2 unspecified atom stereocenters. The van der Waals surface area contributed by atoms with Crippen molar-refractivity contribution in [1.29, 1.82) is 0 Å². The molecule has 0 bridgehead atoms. The second kappa shape index (κ2) is 73.2. The van der Waals surface area contributed by atoms with E-state index < -0.39 is 97.5 Å². The average molecular weight is 1490 g/mol. The molecule has 0 rings (SSSR count). The van der Waals surface area contributed by atoms with Crippen molar-refractivity contribution in [2.24, 2.45) is 17.8 Å². The summed E-state index contributed by atoms with van der Waals surface area (Å²) in [5.74, 6) is 0.153. The summed E-state index contributed by atoms with van der Waals surface area (Å²) in [5, 5.41) is 10.6. The number of rotatable bonds is 81. The van der Waals surface area contributed by atoms with E-state index in [9.17, 15) is 43.2 Å². The van der Waals surface area contributed by atoms with Crippen molar-refractivity contribution >= 4 is 39.5 Å². The molecule has 0 aliphatic carbocycles. The topological polar surface area (TPSA) is 237 Å². The van der Waals surface area contributed by atoms with E-state index in [1.54, 1.807) is 0 Å². The number of carbonyl (C=O) groups excluding carboxylic acids is 4. The maximum atomic E-state index is 13.1. The maximum absolute atomic E-state index is 13.1. The molecule has 0 amide bonds. The molecule has 0 spiro atoms. The van der Waals surface area contributed by atoms with Crippen LogP contribution in [-0.2, 0) is 65.4 Å². The molecule has 0 fully saturated rings. The molecule has 0 aromatic carbocycles. The van der Waals surface area contributed by atoms with Gasteiger partial charge in [-0.15, -0.1) is 0 Å². The highest BCUT2D eigenvalue weighted by Crippen LogP contribution is 2.45. The average Bonchev–Trinajstić information content (AvgIpc) is 0.941. The van der Waals surface area contributed by atoms with Crippen molar-refractivity contribution in [3.63, 3.8) is 0 Å². The highest BCUT2D eigenvalue weighted by atomic mass is 31.2. The Morgan fingerprint density at radius 1 is 0.265 bits per heavy atom. The Hall–Kier alpha value is -1.94. The van der Waals surface area contributed by atoms with Gasteiger partial charge in [-0.1, -0.05) is 382 Å². The third-order valence-corrected chi connectivity index (χ3v) is 21.3. The van der Waals surface area contributed by atoms with Gasteiger partial charge in [0.15, 0.2) is 12.2 Å². The Balaban J connectivity index is 5.21. The summed E-state index contributed by atoms with van der Waals surface area (Å²) in [6, 6.07) is 0. The third-order valence-electron chi connectivity index (χ3n) is 19.4. The Morgan fingerprint density at radius 3 is 0.667 bits per heavy atom. The molecule has 0 heterocycles. The number of aliphatic hydroxyl groups excluding tert-OH is 1. The minimum absolute atomic E-state index is 0.104. The van der Waals surface area contributed by atoms with Gasteiger partial charge < -0.3 is 33.8 Å². The molecule has 0 saturated carbocycles. The number of hydrogen-bond donors (Lipinski definition) is 3.